The number of hydrogen-bond acceptors (Lipinski definition) is 5. The van der Waals surface area contributed by atoms with Gasteiger partial charge in [-0.25, -0.2) is 9.36 Å². The highest BCUT2D eigenvalue weighted by atomic mass is 32.2. The number of thioether (sulfide) groups is 1. The molecule has 94 valence electrons. The van der Waals surface area contributed by atoms with Crippen LogP contribution in [0.15, 0.2) is 28.7 Å². The molecule has 0 fully saturated rings. The van der Waals surface area contributed by atoms with Crippen molar-refractivity contribution in [1.82, 2.24) is 9.97 Å². The molecule has 1 unspecified atom stereocenters. The maximum Gasteiger partial charge on any atom is 0.466 e. The first-order valence-electron chi connectivity index (χ1n) is 4.16. The van der Waals surface area contributed by atoms with Gasteiger partial charge in [0, 0.05) is 11.6 Å². The third-order valence-electron chi connectivity index (χ3n) is 1.39. The Kier molecular flexibility index (Phi) is 4.91. The summed E-state index contributed by atoms with van der Waals surface area (Å²) in [6, 6.07) is 1.73. The van der Waals surface area contributed by atoms with Gasteiger partial charge < -0.3 is 24.4 Å². The highest BCUT2D eigenvalue weighted by Crippen LogP contribution is 2.33. The van der Waals surface area contributed by atoms with Crippen LogP contribution in [0.1, 0.15) is 11.1 Å². The van der Waals surface area contributed by atoms with Crippen LogP contribution in [0.2, 0.25) is 0 Å². The van der Waals surface area contributed by atoms with Gasteiger partial charge in [0.1, 0.15) is 0 Å². The van der Waals surface area contributed by atoms with E-state index >= 15 is 0 Å². The van der Waals surface area contributed by atoms with Crippen LogP contribution in [0.3, 0.4) is 0 Å². The topological polar surface area (TPSA) is 133 Å². The lowest BCUT2D eigenvalue weighted by Crippen LogP contribution is -2.12. The molecule has 1 aromatic heterocycles. The molecule has 0 saturated heterocycles. The molecule has 0 saturated carbocycles. The van der Waals surface area contributed by atoms with Crippen molar-refractivity contribution < 1.29 is 24.0 Å². The predicted molar refractivity (Wildman–Crippen MR) is 59.7 cm³/mol. The summed E-state index contributed by atoms with van der Waals surface area (Å²) >= 11 is 1.49. The molecule has 0 aliphatic carbocycles. The molecule has 8 nitrogen and oxygen atoms in total. The zero-order valence-corrected chi connectivity index (χ0v) is 9.97. The van der Waals surface area contributed by atoms with E-state index in [0.29, 0.717) is 5.69 Å². The van der Waals surface area contributed by atoms with Gasteiger partial charge in [-0.2, -0.15) is 4.98 Å². The van der Waals surface area contributed by atoms with Crippen LogP contribution in [0.5, 0.6) is 0 Å². The molecule has 1 atom stereocenters. The van der Waals surface area contributed by atoms with Crippen molar-refractivity contribution in [1.29, 1.82) is 0 Å². The number of nitrogens with zero attached hydrogens (tertiary/aromatic N) is 1. The van der Waals surface area contributed by atoms with Gasteiger partial charge in [-0.3, -0.25) is 0 Å². The Balaban J connectivity index is 0.000000249. The van der Waals surface area contributed by atoms with E-state index < -0.39 is 7.82 Å². The molecular formula is C7H9N2O6PS. The molecule has 0 radical (unpaired) electrons. The van der Waals surface area contributed by atoms with Crippen LogP contribution in [-0.2, 0) is 9.30 Å². The number of nitrogens with one attached hydrogen (secondary N) is 1. The maximum atomic E-state index is 10.8. The summed E-state index contributed by atoms with van der Waals surface area (Å²) in [6.07, 6.45) is 3.16. The van der Waals surface area contributed by atoms with Crippen molar-refractivity contribution in [3.63, 3.8) is 0 Å². The van der Waals surface area contributed by atoms with Gasteiger partial charge in [-0.15, -0.1) is 0 Å². The van der Waals surface area contributed by atoms with E-state index in [9.17, 15) is 4.79 Å². The lowest BCUT2D eigenvalue weighted by molar-refractivity contribution is 0.230. The fraction of sp³-hybridized carbons (Fsp3) is 0.143. The molecule has 4 N–H and O–H groups in total. The number of H-pyrrole nitrogens is 1. The Morgan fingerprint density at radius 3 is 2.59 bits per heavy atom. The minimum absolute atomic E-state index is 0.160. The lowest BCUT2D eigenvalue weighted by Gasteiger charge is -2.06. The second-order valence-electron chi connectivity index (χ2n) is 2.71. The van der Waals surface area contributed by atoms with Gasteiger partial charge in [-0.05, 0) is 6.07 Å². The van der Waals surface area contributed by atoms with Crippen molar-refractivity contribution in [3.05, 3.63) is 40.1 Å². The van der Waals surface area contributed by atoms with Crippen LogP contribution >= 0.6 is 19.6 Å². The van der Waals surface area contributed by atoms with E-state index in [0.717, 1.165) is 0 Å². The van der Waals surface area contributed by atoms with Gasteiger partial charge in [0.2, 0.25) is 0 Å². The SMILES string of the molecule is O=P(O)(O)O.O=c1nc(C2OC=CS2)cc[nH]1. The minimum atomic E-state index is -4.64. The number of ether oxygens (including phenoxy) is 1. The van der Waals surface area contributed by atoms with Gasteiger partial charge in [0.25, 0.3) is 0 Å². The zero-order valence-electron chi connectivity index (χ0n) is 8.26. The standard InChI is InChI=1S/C7H6N2O2S.H3O4P/c10-7-8-2-1-5(9-7)6-11-3-4-12-6;1-5(2,3)4/h1-4,6H,(H,8,9,10);(H3,1,2,3,4). The molecule has 0 bridgehead atoms. The van der Waals surface area contributed by atoms with Gasteiger partial charge in [0.05, 0.1) is 12.0 Å². The van der Waals surface area contributed by atoms with Crippen molar-refractivity contribution in [2.24, 2.45) is 0 Å². The summed E-state index contributed by atoms with van der Waals surface area (Å²) in [4.78, 5) is 38.6. The molecule has 0 spiro atoms. The molecular weight excluding hydrogens is 271 g/mol. The number of rotatable bonds is 1. The number of hydrogen-bond donors (Lipinski definition) is 4. The second kappa shape index (κ2) is 5.99. The summed E-state index contributed by atoms with van der Waals surface area (Å²) in [5.74, 6) is 0. The lowest BCUT2D eigenvalue weighted by atomic mass is 10.4. The van der Waals surface area contributed by atoms with Crippen LogP contribution in [0, 0.1) is 0 Å². The molecule has 17 heavy (non-hydrogen) atoms. The van der Waals surface area contributed by atoms with Crippen LogP contribution < -0.4 is 5.69 Å². The van der Waals surface area contributed by atoms with E-state index in [-0.39, 0.29) is 11.1 Å². The molecule has 2 rings (SSSR count). The fourth-order valence-corrected chi connectivity index (χ4v) is 1.56. The second-order valence-corrected chi connectivity index (χ2v) is 4.71. The Hall–Kier alpha value is -1.12. The molecule has 10 heteroatoms. The molecule has 1 aliphatic heterocycles. The Morgan fingerprint density at radius 2 is 2.12 bits per heavy atom. The van der Waals surface area contributed by atoms with Crippen molar-refractivity contribution in [2.45, 2.75) is 5.44 Å². The van der Waals surface area contributed by atoms with Gasteiger partial charge in [0.15, 0.2) is 5.44 Å². The van der Waals surface area contributed by atoms with Crippen molar-refractivity contribution in [3.8, 4) is 0 Å². The summed E-state index contributed by atoms with van der Waals surface area (Å²) in [5.41, 5.74) is 0.143. The van der Waals surface area contributed by atoms with Crippen molar-refractivity contribution in [2.75, 3.05) is 0 Å². The first-order valence-corrected chi connectivity index (χ1v) is 6.67. The molecule has 2 heterocycles. The quantitative estimate of drug-likeness (QED) is 0.531. The molecule has 1 aromatic rings. The van der Waals surface area contributed by atoms with Gasteiger partial charge >= 0.3 is 13.5 Å². The summed E-state index contributed by atoms with van der Waals surface area (Å²) < 4.78 is 14.0. The van der Waals surface area contributed by atoms with E-state index in [2.05, 4.69) is 9.97 Å². The third kappa shape index (κ3) is 6.25. The van der Waals surface area contributed by atoms with Gasteiger partial charge in [-0.1, -0.05) is 11.8 Å². The maximum absolute atomic E-state index is 10.8. The largest absolute Gasteiger partial charge is 0.480 e. The van der Waals surface area contributed by atoms with Crippen LogP contribution in [-0.4, -0.2) is 24.6 Å². The average molecular weight is 280 g/mol. The average Bonchev–Trinajstić information content (AvgIpc) is 2.67. The molecule has 0 amide bonds. The minimum Gasteiger partial charge on any atom is -0.480 e. The van der Waals surface area contributed by atoms with Crippen molar-refractivity contribution >= 4 is 19.6 Å². The first-order chi connectivity index (χ1) is 7.86. The van der Waals surface area contributed by atoms with Crippen LogP contribution in [0.4, 0.5) is 0 Å². The summed E-state index contributed by atoms with van der Waals surface area (Å²) in [7, 11) is -4.64. The third-order valence-corrected chi connectivity index (χ3v) is 2.26. The summed E-state index contributed by atoms with van der Waals surface area (Å²) in [6.45, 7) is 0. The Labute approximate surface area is 99.6 Å². The monoisotopic (exact) mass is 280 g/mol. The molecule has 0 aromatic carbocycles. The number of phosphoric acid groups is 1. The van der Waals surface area contributed by atoms with E-state index in [1.807, 2.05) is 5.41 Å². The number of aromatic amines is 1. The highest BCUT2D eigenvalue weighted by Gasteiger charge is 2.16. The smallest absolute Gasteiger partial charge is 0.466 e. The fourth-order valence-electron chi connectivity index (χ4n) is 0.895. The highest BCUT2D eigenvalue weighted by molar-refractivity contribution is 8.02. The summed E-state index contributed by atoms with van der Waals surface area (Å²) in [5, 5.41) is 1.83. The van der Waals surface area contributed by atoms with E-state index in [1.54, 1.807) is 18.5 Å². The zero-order chi connectivity index (χ0) is 12.9. The van der Waals surface area contributed by atoms with E-state index in [1.165, 1.54) is 11.8 Å². The molecule has 1 aliphatic rings. The Morgan fingerprint density at radius 1 is 1.47 bits per heavy atom. The predicted octanol–water partition coefficient (Wildman–Crippen LogP) is 0.0745. The first kappa shape index (κ1) is 13.9. The van der Waals surface area contributed by atoms with E-state index in [4.69, 9.17) is 24.0 Å². The van der Waals surface area contributed by atoms with Crippen LogP contribution in [0.25, 0.3) is 0 Å². The normalized spacial score (nSPS) is 18.2. The number of aromatic nitrogens is 2. The Bertz CT molecular complexity index is 481.